The van der Waals surface area contributed by atoms with Gasteiger partial charge in [0.05, 0.1) is 12.4 Å². The van der Waals surface area contributed by atoms with Gasteiger partial charge in [0, 0.05) is 17.6 Å². The second kappa shape index (κ2) is 5.09. The zero-order valence-electron chi connectivity index (χ0n) is 8.95. The first-order valence-electron chi connectivity index (χ1n) is 4.81. The van der Waals surface area contributed by atoms with Crippen molar-refractivity contribution in [1.82, 2.24) is 9.97 Å². The first kappa shape index (κ1) is 11.8. The summed E-state index contributed by atoms with van der Waals surface area (Å²) in [5, 5.41) is 2.84. The third-order valence-corrected chi connectivity index (χ3v) is 2.38. The standard InChI is InChI=1S/C11H9BrFN3O/c1-14-10-5-15-6-11(16-10)17-9-3-7(12)2-8(13)4-9/h2-6H,1H3,(H,14,16). The van der Waals surface area contributed by atoms with Gasteiger partial charge in [0.15, 0.2) is 0 Å². The monoisotopic (exact) mass is 297 g/mol. The lowest BCUT2D eigenvalue weighted by Crippen LogP contribution is -1.96. The number of halogens is 2. The molecule has 2 rings (SSSR count). The van der Waals surface area contributed by atoms with E-state index >= 15 is 0 Å². The predicted octanol–water partition coefficient (Wildman–Crippen LogP) is 3.21. The normalized spacial score (nSPS) is 10.1. The molecule has 4 nitrogen and oxygen atoms in total. The van der Waals surface area contributed by atoms with E-state index in [4.69, 9.17) is 4.74 Å². The van der Waals surface area contributed by atoms with Crippen LogP contribution in [0.15, 0.2) is 35.1 Å². The summed E-state index contributed by atoms with van der Waals surface area (Å²) in [4.78, 5) is 8.05. The van der Waals surface area contributed by atoms with Crippen molar-refractivity contribution < 1.29 is 9.13 Å². The van der Waals surface area contributed by atoms with Crippen molar-refractivity contribution in [3.63, 3.8) is 0 Å². The smallest absolute Gasteiger partial charge is 0.239 e. The van der Waals surface area contributed by atoms with Crippen LogP contribution in [0.5, 0.6) is 11.6 Å². The van der Waals surface area contributed by atoms with Crippen LogP contribution in [0.4, 0.5) is 10.2 Å². The van der Waals surface area contributed by atoms with Crippen molar-refractivity contribution in [3.8, 4) is 11.6 Å². The Morgan fingerprint density at radius 1 is 1.29 bits per heavy atom. The molecule has 0 bridgehead atoms. The lowest BCUT2D eigenvalue weighted by atomic mass is 10.3. The molecule has 0 saturated carbocycles. The molecule has 88 valence electrons. The highest BCUT2D eigenvalue weighted by molar-refractivity contribution is 9.10. The average Bonchev–Trinajstić information content (AvgIpc) is 2.28. The number of aromatic nitrogens is 2. The van der Waals surface area contributed by atoms with Gasteiger partial charge in [-0.15, -0.1) is 0 Å². The van der Waals surface area contributed by atoms with Gasteiger partial charge in [0.1, 0.15) is 17.4 Å². The fourth-order valence-electron chi connectivity index (χ4n) is 1.23. The Morgan fingerprint density at radius 3 is 2.82 bits per heavy atom. The number of ether oxygens (including phenoxy) is 1. The van der Waals surface area contributed by atoms with E-state index in [-0.39, 0.29) is 5.82 Å². The quantitative estimate of drug-likeness (QED) is 0.945. The summed E-state index contributed by atoms with van der Waals surface area (Å²) >= 11 is 3.19. The highest BCUT2D eigenvalue weighted by Gasteiger charge is 2.03. The van der Waals surface area contributed by atoms with E-state index < -0.39 is 0 Å². The van der Waals surface area contributed by atoms with Crippen molar-refractivity contribution in [2.24, 2.45) is 0 Å². The molecule has 17 heavy (non-hydrogen) atoms. The number of hydrogen-bond donors (Lipinski definition) is 1. The molecule has 0 atom stereocenters. The first-order chi connectivity index (χ1) is 8.17. The number of nitrogens with zero attached hydrogens (tertiary/aromatic N) is 2. The molecule has 6 heteroatoms. The molecular formula is C11H9BrFN3O. The Balaban J connectivity index is 2.24. The fraction of sp³-hybridized carbons (Fsp3) is 0.0909. The zero-order chi connectivity index (χ0) is 12.3. The van der Waals surface area contributed by atoms with E-state index in [1.807, 2.05) is 0 Å². The maximum atomic E-state index is 13.1. The topological polar surface area (TPSA) is 47.0 Å². The van der Waals surface area contributed by atoms with E-state index in [9.17, 15) is 4.39 Å². The van der Waals surface area contributed by atoms with Crippen LogP contribution in [0, 0.1) is 5.82 Å². The number of hydrogen-bond acceptors (Lipinski definition) is 4. The third kappa shape index (κ3) is 3.13. The Bertz CT molecular complexity index is 516. The van der Waals surface area contributed by atoms with Crippen molar-refractivity contribution in [1.29, 1.82) is 0 Å². The summed E-state index contributed by atoms with van der Waals surface area (Å²) in [6, 6.07) is 4.28. The summed E-state index contributed by atoms with van der Waals surface area (Å²) < 4.78 is 19.1. The molecule has 2 aromatic rings. The van der Waals surface area contributed by atoms with E-state index in [0.717, 1.165) is 0 Å². The minimum Gasteiger partial charge on any atom is -0.437 e. The van der Waals surface area contributed by atoms with E-state index in [1.54, 1.807) is 19.3 Å². The summed E-state index contributed by atoms with van der Waals surface area (Å²) in [5.41, 5.74) is 0. The number of benzene rings is 1. The maximum absolute atomic E-state index is 13.1. The minimum atomic E-state index is -0.382. The predicted molar refractivity (Wildman–Crippen MR) is 65.8 cm³/mol. The van der Waals surface area contributed by atoms with Crippen LogP contribution in [0.2, 0.25) is 0 Å². The Kier molecular flexibility index (Phi) is 3.53. The molecule has 0 radical (unpaired) electrons. The lowest BCUT2D eigenvalue weighted by Gasteiger charge is -2.06. The molecule has 0 aliphatic rings. The second-order valence-electron chi connectivity index (χ2n) is 3.20. The van der Waals surface area contributed by atoms with Gasteiger partial charge < -0.3 is 10.1 Å². The number of nitrogens with one attached hydrogen (secondary N) is 1. The SMILES string of the molecule is CNc1cncc(Oc2cc(F)cc(Br)c2)n1. The van der Waals surface area contributed by atoms with Gasteiger partial charge in [-0.25, -0.2) is 4.39 Å². The van der Waals surface area contributed by atoms with Crippen LogP contribution < -0.4 is 10.1 Å². The van der Waals surface area contributed by atoms with E-state index in [0.29, 0.717) is 21.9 Å². The molecule has 1 aromatic carbocycles. The Labute approximate surface area is 106 Å². The molecular weight excluding hydrogens is 289 g/mol. The van der Waals surface area contributed by atoms with Crippen molar-refractivity contribution in [3.05, 3.63) is 40.9 Å². The summed E-state index contributed by atoms with van der Waals surface area (Å²) in [7, 11) is 1.73. The second-order valence-corrected chi connectivity index (χ2v) is 4.12. The molecule has 1 N–H and O–H groups in total. The van der Waals surface area contributed by atoms with Crippen molar-refractivity contribution in [2.45, 2.75) is 0 Å². The third-order valence-electron chi connectivity index (χ3n) is 1.93. The maximum Gasteiger partial charge on any atom is 0.239 e. The van der Waals surface area contributed by atoms with Gasteiger partial charge in [0.2, 0.25) is 5.88 Å². The number of rotatable bonds is 3. The number of anilines is 1. The van der Waals surface area contributed by atoms with Gasteiger partial charge >= 0.3 is 0 Å². The van der Waals surface area contributed by atoms with Gasteiger partial charge in [-0.1, -0.05) is 15.9 Å². The molecule has 0 aliphatic carbocycles. The van der Waals surface area contributed by atoms with E-state index in [2.05, 4.69) is 31.2 Å². The van der Waals surface area contributed by atoms with Crippen LogP contribution in [0.3, 0.4) is 0 Å². The van der Waals surface area contributed by atoms with Crippen LogP contribution >= 0.6 is 15.9 Å². The highest BCUT2D eigenvalue weighted by atomic mass is 79.9. The van der Waals surface area contributed by atoms with Crippen molar-refractivity contribution in [2.75, 3.05) is 12.4 Å². The van der Waals surface area contributed by atoms with Gasteiger partial charge in [-0.3, -0.25) is 4.98 Å². The minimum absolute atomic E-state index is 0.300. The molecule has 0 unspecified atom stereocenters. The Hall–Kier alpha value is -1.69. The van der Waals surface area contributed by atoms with Crippen LogP contribution in [-0.2, 0) is 0 Å². The van der Waals surface area contributed by atoms with Gasteiger partial charge in [0.25, 0.3) is 0 Å². The van der Waals surface area contributed by atoms with E-state index in [1.165, 1.54) is 18.3 Å². The van der Waals surface area contributed by atoms with Crippen LogP contribution in [-0.4, -0.2) is 17.0 Å². The molecule has 0 aliphatic heterocycles. The first-order valence-corrected chi connectivity index (χ1v) is 5.60. The van der Waals surface area contributed by atoms with Crippen molar-refractivity contribution >= 4 is 21.7 Å². The molecule has 0 spiro atoms. The Morgan fingerprint density at radius 2 is 2.12 bits per heavy atom. The van der Waals surface area contributed by atoms with Gasteiger partial charge in [-0.05, 0) is 12.1 Å². The molecule has 0 saturated heterocycles. The lowest BCUT2D eigenvalue weighted by molar-refractivity contribution is 0.456. The fourth-order valence-corrected chi connectivity index (χ4v) is 1.67. The molecule has 0 amide bonds. The summed E-state index contributed by atoms with van der Waals surface area (Å²) in [6.45, 7) is 0. The largest absolute Gasteiger partial charge is 0.437 e. The van der Waals surface area contributed by atoms with Crippen LogP contribution in [0.25, 0.3) is 0 Å². The summed E-state index contributed by atoms with van der Waals surface area (Å²) in [6.07, 6.45) is 3.02. The van der Waals surface area contributed by atoms with Gasteiger partial charge in [-0.2, -0.15) is 4.98 Å². The summed E-state index contributed by atoms with van der Waals surface area (Å²) in [5.74, 6) is 0.860. The average molecular weight is 298 g/mol. The molecule has 1 heterocycles. The van der Waals surface area contributed by atoms with Crippen LogP contribution in [0.1, 0.15) is 0 Å². The highest BCUT2D eigenvalue weighted by Crippen LogP contribution is 2.24. The zero-order valence-corrected chi connectivity index (χ0v) is 10.5. The molecule has 1 aromatic heterocycles. The molecule has 0 fully saturated rings.